The highest BCUT2D eigenvalue weighted by molar-refractivity contribution is 8.77. The Morgan fingerprint density at radius 1 is 0.923 bits per heavy atom. The van der Waals surface area contributed by atoms with Gasteiger partial charge in [-0.05, 0) is 18.3 Å². The van der Waals surface area contributed by atoms with Crippen LogP contribution >= 0.6 is 21.6 Å². The molecule has 0 aliphatic carbocycles. The molecule has 0 unspecified atom stereocenters. The normalized spacial score (nSPS) is 13.4. The van der Waals surface area contributed by atoms with E-state index in [1.54, 1.807) is 0 Å². The molecule has 0 nitrogen and oxygen atoms in total. The summed E-state index contributed by atoms with van der Waals surface area (Å²) in [6.45, 7) is 13.8. The van der Waals surface area contributed by atoms with Crippen LogP contribution in [-0.2, 0) is 0 Å². The molecule has 0 N–H and O–H groups in total. The number of rotatable bonds is 4. The molecule has 0 atom stereocenters. The van der Waals surface area contributed by atoms with Gasteiger partial charge in [0.25, 0.3) is 0 Å². The molecule has 0 amide bonds. The lowest BCUT2D eigenvalue weighted by molar-refractivity contribution is 0.375. The summed E-state index contributed by atoms with van der Waals surface area (Å²) in [4.78, 5) is 0. The van der Waals surface area contributed by atoms with Crippen molar-refractivity contribution in [1.29, 1.82) is 0 Å². The van der Waals surface area contributed by atoms with Crippen LogP contribution in [0, 0.1) is 5.41 Å². The van der Waals surface area contributed by atoms with Gasteiger partial charge >= 0.3 is 0 Å². The fourth-order valence-electron chi connectivity index (χ4n) is 0.880. The van der Waals surface area contributed by atoms with Gasteiger partial charge in [0.1, 0.15) is 0 Å². The maximum absolute atomic E-state index is 2.31. The molecule has 2 heteroatoms. The maximum Gasteiger partial charge on any atom is 0.0179 e. The Hall–Kier alpha value is 0.700. The third-order valence-electron chi connectivity index (χ3n) is 1.46. The van der Waals surface area contributed by atoms with E-state index in [2.05, 4.69) is 41.5 Å². The summed E-state index contributed by atoms with van der Waals surface area (Å²) in [7, 11) is 4.02. The zero-order chi connectivity index (χ0) is 10.5. The van der Waals surface area contributed by atoms with Crippen molar-refractivity contribution in [3.8, 4) is 0 Å². The first kappa shape index (κ1) is 13.7. The number of hydrogen-bond donors (Lipinski definition) is 0. The van der Waals surface area contributed by atoms with Crippen LogP contribution in [0.2, 0.25) is 0 Å². The van der Waals surface area contributed by atoms with E-state index in [0.717, 1.165) is 0 Å². The first-order valence-electron chi connectivity index (χ1n) is 5.01. The molecule has 13 heavy (non-hydrogen) atoms. The first-order valence-corrected chi connectivity index (χ1v) is 7.33. The summed E-state index contributed by atoms with van der Waals surface area (Å²) < 4.78 is 0.409. The predicted octanol–water partition coefficient (Wildman–Crippen LogP) is 4.99. The lowest BCUT2D eigenvalue weighted by atomic mass is 9.91. The third-order valence-corrected chi connectivity index (χ3v) is 4.89. The van der Waals surface area contributed by atoms with Crippen LogP contribution in [0.5, 0.6) is 0 Å². The second-order valence-corrected chi connectivity index (χ2v) is 8.92. The van der Waals surface area contributed by atoms with Crippen LogP contribution in [0.1, 0.15) is 54.4 Å². The fraction of sp³-hybridized carbons (Fsp3) is 1.00. The standard InChI is InChI=1S/C11H24S2/c1-10(2,3)8-7-9-12-13-11(4,5)6/h7-9H2,1-6H3. The SMILES string of the molecule is CC(C)(C)CCCSSC(C)(C)C. The van der Waals surface area contributed by atoms with Gasteiger partial charge in [-0.3, -0.25) is 0 Å². The molecular formula is C11H24S2. The van der Waals surface area contributed by atoms with Gasteiger partial charge in [-0.2, -0.15) is 0 Å². The molecule has 0 saturated carbocycles. The zero-order valence-corrected chi connectivity index (χ0v) is 11.6. The Balaban J connectivity index is 3.28. The topological polar surface area (TPSA) is 0 Å². The Morgan fingerprint density at radius 3 is 1.85 bits per heavy atom. The second-order valence-electron chi connectivity index (χ2n) is 5.68. The van der Waals surface area contributed by atoms with Gasteiger partial charge in [0.2, 0.25) is 0 Å². The van der Waals surface area contributed by atoms with Crippen molar-refractivity contribution in [2.45, 2.75) is 59.1 Å². The molecule has 0 fully saturated rings. The van der Waals surface area contributed by atoms with E-state index in [1.165, 1.54) is 18.6 Å². The highest BCUT2D eigenvalue weighted by atomic mass is 33.1. The minimum atomic E-state index is 0.409. The molecule has 0 rings (SSSR count). The van der Waals surface area contributed by atoms with Crippen molar-refractivity contribution in [3.05, 3.63) is 0 Å². The third kappa shape index (κ3) is 12.7. The fourth-order valence-corrected chi connectivity index (χ4v) is 3.24. The quantitative estimate of drug-likeness (QED) is 0.483. The van der Waals surface area contributed by atoms with Crippen molar-refractivity contribution >= 4 is 21.6 Å². The molecule has 0 radical (unpaired) electrons. The Labute approximate surface area is 92.0 Å². The van der Waals surface area contributed by atoms with Gasteiger partial charge in [-0.15, -0.1) is 0 Å². The van der Waals surface area contributed by atoms with Gasteiger partial charge in [0.05, 0.1) is 0 Å². The van der Waals surface area contributed by atoms with Crippen molar-refractivity contribution < 1.29 is 0 Å². The summed E-state index contributed by atoms with van der Waals surface area (Å²) in [6, 6.07) is 0. The van der Waals surface area contributed by atoms with Crippen molar-refractivity contribution in [3.63, 3.8) is 0 Å². The summed E-state index contributed by atoms with van der Waals surface area (Å²) in [6.07, 6.45) is 2.68. The van der Waals surface area contributed by atoms with Crippen molar-refractivity contribution in [1.82, 2.24) is 0 Å². The molecule has 0 aromatic heterocycles. The monoisotopic (exact) mass is 220 g/mol. The van der Waals surface area contributed by atoms with Gasteiger partial charge in [-0.1, -0.05) is 63.1 Å². The maximum atomic E-state index is 2.31. The Bertz CT molecular complexity index is 112. The van der Waals surface area contributed by atoms with Gasteiger partial charge in [0, 0.05) is 10.5 Å². The van der Waals surface area contributed by atoms with Crippen molar-refractivity contribution in [2.75, 3.05) is 5.75 Å². The van der Waals surface area contributed by atoms with E-state index in [0.29, 0.717) is 10.2 Å². The largest absolute Gasteiger partial charge is 0.0936 e. The van der Waals surface area contributed by atoms with Crippen LogP contribution < -0.4 is 0 Å². The average molecular weight is 220 g/mol. The molecule has 0 aliphatic heterocycles. The van der Waals surface area contributed by atoms with Gasteiger partial charge in [0.15, 0.2) is 0 Å². The van der Waals surface area contributed by atoms with E-state index >= 15 is 0 Å². The van der Waals surface area contributed by atoms with E-state index in [1.807, 2.05) is 21.6 Å². The molecule has 0 aromatic carbocycles. The average Bonchev–Trinajstić information content (AvgIpc) is 1.81. The molecule has 80 valence electrons. The van der Waals surface area contributed by atoms with Crippen LogP contribution in [-0.4, -0.2) is 10.5 Å². The van der Waals surface area contributed by atoms with Crippen LogP contribution in [0.15, 0.2) is 0 Å². The molecule has 0 heterocycles. The lowest BCUT2D eigenvalue weighted by Crippen LogP contribution is -2.06. The zero-order valence-electron chi connectivity index (χ0n) is 9.94. The highest BCUT2D eigenvalue weighted by Gasteiger charge is 2.12. The molecule has 0 aromatic rings. The first-order chi connectivity index (χ1) is 5.71. The van der Waals surface area contributed by atoms with E-state index in [9.17, 15) is 0 Å². The van der Waals surface area contributed by atoms with E-state index in [-0.39, 0.29) is 0 Å². The van der Waals surface area contributed by atoms with Crippen LogP contribution in [0.25, 0.3) is 0 Å². The summed E-state index contributed by atoms with van der Waals surface area (Å²) in [5.41, 5.74) is 0.507. The van der Waals surface area contributed by atoms with E-state index < -0.39 is 0 Å². The van der Waals surface area contributed by atoms with E-state index in [4.69, 9.17) is 0 Å². The molecule has 0 saturated heterocycles. The van der Waals surface area contributed by atoms with Crippen molar-refractivity contribution in [2.24, 2.45) is 5.41 Å². The molecule has 0 spiro atoms. The summed E-state index contributed by atoms with van der Waals surface area (Å²) in [5, 5.41) is 0. The molecular weight excluding hydrogens is 196 g/mol. The second kappa shape index (κ2) is 5.55. The van der Waals surface area contributed by atoms with Gasteiger partial charge in [-0.25, -0.2) is 0 Å². The smallest absolute Gasteiger partial charge is 0.0179 e. The minimum Gasteiger partial charge on any atom is -0.0936 e. The number of hydrogen-bond acceptors (Lipinski definition) is 2. The van der Waals surface area contributed by atoms with Crippen LogP contribution in [0.4, 0.5) is 0 Å². The lowest BCUT2D eigenvalue weighted by Gasteiger charge is -2.19. The highest BCUT2D eigenvalue weighted by Crippen LogP contribution is 2.36. The minimum absolute atomic E-state index is 0.409. The summed E-state index contributed by atoms with van der Waals surface area (Å²) >= 11 is 0. The Kier molecular flexibility index (Phi) is 5.85. The Morgan fingerprint density at radius 2 is 1.46 bits per heavy atom. The summed E-state index contributed by atoms with van der Waals surface area (Å²) in [5.74, 6) is 1.29. The predicted molar refractivity (Wildman–Crippen MR) is 68.5 cm³/mol. The molecule has 0 bridgehead atoms. The van der Waals surface area contributed by atoms with Crippen LogP contribution in [0.3, 0.4) is 0 Å². The molecule has 0 aliphatic rings. The van der Waals surface area contributed by atoms with Gasteiger partial charge < -0.3 is 0 Å².